The average Bonchev–Trinajstić information content (AvgIpc) is 2.85. The summed E-state index contributed by atoms with van der Waals surface area (Å²) in [7, 11) is 1.85. The molecule has 0 saturated heterocycles. The molecule has 1 aromatic carbocycles. The van der Waals surface area contributed by atoms with E-state index in [0.717, 1.165) is 11.4 Å². The van der Waals surface area contributed by atoms with Crippen molar-refractivity contribution in [1.82, 2.24) is 25.1 Å². The number of rotatable bonds is 7. The maximum atomic E-state index is 10.5. The minimum Gasteiger partial charge on any atom is -0.481 e. The molecule has 0 amide bonds. The molecule has 20 heavy (non-hydrogen) atoms. The first-order valence-electron chi connectivity index (χ1n) is 6.34. The van der Waals surface area contributed by atoms with Gasteiger partial charge in [0.2, 0.25) is 0 Å². The minimum atomic E-state index is -0.805. The zero-order valence-electron chi connectivity index (χ0n) is 11.3. The minimum absolute atomic E-state index is 0.108. The van der Waals surface area contributed by atoms with Crippen molar-refractivity contribution < 1.29 is 9.90 Å². The smallest absolute Gasteiger partial charge is 0.304 e. The van der Waals surface area contributed by atoms with Gasteiger partial charge < -0.3 is 5.11 Å². The molecule has 2 aromatic rings. The number of aromatic nitrogens is 4. The van der Waals surface area contributed by atoms with Crippen molar-refractivity contribution in [2.24, 2.45) is 0 Å². The quantitative estimate of drug-likeness (QED) is 0.797. The molecule has 0 spiro atoms. The predicted octanol–water partition coefficient (Wildman–Crippen LogP) is 0.628. The number of hydrogen-bond donors (Lipinski definition) is 1. The van der Waals surface area contributed by atoms with Crippen LogP contribution in [0.2, 0.25) is 0 Å². The van der Waals surface area contributed by atoms with Crippen molar-refractivity contribution in [3.05, 3.63) is 41.7 Å². The molecule has 0 bridgehead atoms. The maximum absolute atomic E-state index is 10.5. The lowest BCUT2D eigenvalue weighted by Gasteiger charge is -2.14. The summed E-state index contributed by atoms with van der Waals surface area (Å²) in [6.45, 7) is 1.59. The molecule has 106 valence electrons. The van der Waals surface area contributed by atoms with Crippen LogP contribution in [0.25, 0.3) is 0 Å². The van der Waals surface area contributed by atoms with Gasteiger partial charge in [-0.25, -0.2) is 4.68 Å². The molecule has 0 aliphatic carbocycles. The second-order valence-corrected chi connectivity index (χ2v) is 4.62. The van der Waals surface area contributed by atoms with Crippen LogP contribution in [0, 0.1) is 0 Å². The van der Waals surface area contributed by atoms with Gasteiger partial charge in [0.25, 0.3) is 0 Å². The molecule has 0 radical (unpaired) electrons. The Morgan fingerprint density at radius 2 is 2.10 bits per heavy atom. The number of carboxylic acid groups (broad SMARTS) is 1. The summed E-state index contributed by atoms with van der Waals surface area (Å²) in [4.78, 5) is 12.4. The second kappa shape index (κ2) is 6.76. The molecule has 7 heteroatoms. The van der Waals surface area contributed by atoms with E-state index in [1.54, 1.807) is 4.68 Å². The van der Waals surface area contributed by atoms with Gasteiger partial charge in [0.05, 0.1) is 19.5 Å². The van der Waals surface area contributed by atoms with Gasteiger partial charge in [-0.1, -0.05) is 30.3 Å². The van der Waals surface area contributed by atoms with E-state index in [-0.39, 0.29) is 6.42 Å². The third-order valence-corrected chi connectivity index (χ3v) is 2.90. The third-order valence-electron chi connectivity index (χ3n) is 2.90. The summed E-state index contributed by atoms with van der Waals surface area (Å²) in [6, 6.07) is 9.93. The highest BCUT2D eigenvalue weighted by Gasteiger charge is 2.10. The third kappa shape index (κ3) is 4.13. The van der Waals surface area contributed by atoms with Gasteiger partial charge in [-0.05, 0) is 23.0 Å². The van der Waals surface area contributed by atoms with E-state index in [0.29, 0.717) is 19.6 Å². The van der Waals surface area contributed by atoms with Crippen molar-refractivity contribution in [2.75, 3.05) is 13.6 Å². The lowest BCUT2D eigenvalue weighted by molar-refractivity contribution is -0.137. The summed E-state index contributed by atoms with van der Waals surface area (Å²) in [6.07, 6.45) is 0.108. The highest BCUT2D eigenvalue weighted by molar-refractivity contribution is 5.66. The second-order valence-electron chi connectivity index (χ2n) is 4.62. The normalized spacial score (nSPS) is 10.9. The summed E-state index contributed by atoms with van der Waals surface area (Å²) in [5.74, 6) is -0.0810. The lowest BCUT2D eigenvalue weighted by atomic mass is 10.2. The number of aliphatic carboxylic acids is 1. The Hall–Kier alpha value is -2.28. The SMILES string of the molecule is CN(CCC(=O)O)Cc1nnnn1Cc1ccccc1. The molecule has 0 fully saturated rings. The van der Waals surface area contributed by atoms with E-state index >= 15 is 0 Å². The highest BCUT2D eigenvalue weighted by atomic mass is 16.4. The predicted molar refractivity (Wildman–Crippen MR) is 71.9 cm³/mol. The van der Waals surface area contributed by atoms with Crippen LogP contribution in [-0.2, 0) is 17.9 Å². The van der Waals surface area contributed by atoms with Crippen molar-refractivity contribution in [3.63, 3.8) is 0 Å². The number of carbonyl (C=O) groups is 1. The van der Waals surface area contributed by atoms with Crippen LogP contribution in [-0.4, -0.2) is 49.8 Å². The van der Waals surface area contributed by atoms with Crippen LogP contribution >= 0.6 is 0 Å². The van der Waals surface area contributed by atoms with Crippen LogP contribution in [0.1, 0.15) is 17.8 Å². The fourth-order valence-electron chi connectivity index (χ4n) is 1.82. The zero-order chi connectivity index (χ0) is 14.4. The van der Waals surface area contributed by atoms with Gasteiger partial charge in [0.1, 0.15) is 0 Å². The van der Waals surface area contributed by atoms with Crippen LogP contribution < -0.4 is 0 Å². The van der Waals surface area contributed by atoms with Crippen LogP contribution in [0.4, 0.5) is 0 Å². The summed E-state index contributed by atoms with van der Waals surface area (Å²) in [5.41, 5.74) is 1.12. The van der Waals surface area contributed by atoms with E-state index in [1.807, 2.05) is 42.3 Å². The van der Waals surface area contributed by atoms with Crippen LogP contribution in [0.5, 0.6) is 0 Å². The molecule has 0 atom stereocenters. The molecule has 0 aliphatic heterocycles. The van der Waals surface area contributed by atoms with Gasteiger partial charge in [0.15, 0.2) is 5.82 Å². The Bertz CT molecular complexity index is 555. The number of nitrogens with zero attached hydrogens (tertiary/aromatic N) is 5. The molecular weight excluding hydrogens is 258 g/mol. The number of benzene rings is 1. The van der Waals surface area contributed by atoms with E-state index in [1.165, 1.54) is 0 Å². The topological polar surface area (TPSA) is 84.1 Å². The Labute approximate surface area is 116 Å². The first kappa shape index (κ1) is 14.1. The van der Waals surface area contributed by atoms with Crippen molar-refractivity contribution in [1.29, 1.82) is 0 Å². The van der Waals surface area contributed by atoms with Crippen molar-refractivity contribution >= 4 is 5.97 Å². The summed E-state index contributed by atoms with van der Waals surface area (Å²) in [5, 5.41) is 20.3. The lowest BCUT2D eigenvalue weighted by Crippen LogP contribution is -2.23. The van der Waals surface area contributed by atoms with Crippen LogP contribution in [0.3, 0.4) is 0 Å². The number of hydrogen-bond acceptors (Lipinski definition) is 5. The Morgan fingerprint density at radius 1 is 1.35 bits per heavy atom. The summed E-state index contributed by atoms with van der Waals surface area (Å²) >= 11 is 0. The van der Waals surface area contributed by atoms with E-state index in [2.05, 4.69) is 15.5 Å². The molecule has 0 aliphatic rings. The Morgan fingerprint density at radius 3 is 2.80 bits per heavy atom. The number of tetrazole rings is 1. The van der Waals surface area contributed by atoms with Crippen molar-refractivity contribution in [3.8, 4) is 0 Å². The van der Waals surface area contributed by atoms with Gasteiger partial charge in [-0.15, -0.1) is 5.10 Å². The fourth-order valence-corrected chi connectivity index (χ4v) is 1.82. The molecule has 1 N–H and O–H groups in total. The maximum Gasteiger partial charge on any atom is 0.304 e. The fraction of sp³-hybridized carbons (Fsp3) is 0.385. The molecule has 0 unspecified atom stereocenters. The largest absolute Gasteiger partial charge is 0.481 e. The Kier molecular flexibility index (Phi) is 4.78. The van der Waals surface area contributed by atoms with Gasteiger partial charge in [0, 0.05) is 6.54 Å². The average molecular weight is 275 g/mol. The first-order valence-corrected chi connectivity index (χ1v) is 6.34. The first-order chi connectivity index (χ1) is 9.65. The molecule has 7 nitrogen and oxygen atoms in total. The Balaban J connectivity index is 1.96. The van der Waals surface area contributed by atoms with Crippen molar-refractivity contribution in [2.45, 2.75) is 19.5 Å². The molecule has 1 heterocycles. The summed E-state index contributed by atoms with van der Waals surface area (Å²) < 4.78 is 1.73. The van der Waals surface area contributed by atoms with Gasteiger partial charge in [-0.3, -0.25) is 9.69 Å². The van der Waals surface area contributed by atoms with Gasteiger partial charge >= 0.3 is 5.97 Å². The van der Waals surface area contributed by atoms with E-state index < -0.39 is 5.97 Å². The standard InChI is InChI=1S/C13H17N5O2/c1-17(8-7-13(19)20)10-12-14-15-16-18(12)9-11-5-3-2-4-6-11/h2-6H,7-10H2,1H3,(H,19,20). The monoisotopic (exact) mass is 275 g/mol. The van der Waals surface area contributed by atoms with Crippen LogP contribution in [0.15, 0.2) is 30.3 Å². The molecule has 0 saturated carbocycles. The number of carboxylic acids is 1. The molecule has 1 aromatic heterocycles. The zero-order valence-corrected chi connectivity index (χ0v) is 11.3. The molecule has 2 rings (SSSR count). The van der Waals surface area contributed by atoms with E-state index in [4.69, 9.17) is 5.11 Å². The van der Waals surface area contributed by atoms with E-state index in [9.17, 15) is 4.79 Å². The highest BCUT2D eigenvalue weighted by Crippen LogP contribution is 2.04. The van der Waals surface area contributed by atoms with Gasteiger partial charge in [-0.2, -0.15) is 0 Å². The molecular formula is C13H17N5O2.